The lowest BCUT2D eigenvalue weighted by molar-refractivity contribution is 0.00684. The summed E-state index contributed by atoms with van der Waals surface area (Å²) in [7, 11) is 0. The highest BCUT2D eigenvalue weighted by Crippen LogP contribution is 2.16. The topological polar surface area (TPSA) is 26.3 Å². The highest BCUT2D eigenvalue weighted by atomic mass is 16.6. The van der Waals surface area contributed by atoms with Gasteiger partial charge >= 0.3 is 5.97 Å². The van der Waals surface area contributed by atoms with Crippen molar-refractivity contribution >= 4 is 5.97 Å². The molecule has 88 valence electrons. The van der Waals surface area contributed by atoms with Crippen molar-refractivity contribution in [2.24, 2.45) is 0 Å². The van der Waals surface area contributed by atoms with Crippen LogP contribution in [0.15, 0.2) is 24.3 Å². The van der Waals surface area contributed by atoms with Gasteiger partial charge in [-0.1, -0.05) is 31.5 Å². The van der Waals surface area contributed by atoms with Gasteiger partial charge in [0, 0.05) is 0 Å². The molecule has 0 saturated heterocycles. The molecule has 0 amide bonds. The lowest BCUT2D eigenvalue weighted by Crippen LogP contribution is -2.24. The van der Waals surface area contributed by atoms with Crippen molar-refractivity contribution in [2.45, 2.75) is 46.1 Å². The lowest BCUT2D eigenvalue weighted by atomic mass is 10.0. The van der Waals surface area contributed by atoms with Gasteiger partial charge in [0.25, 0.3) is 0 Å². The second-order valence-electron chi connectivity index (χ2n) is 4.91. The summed E-state index contributed by atoms with van der Waals surface area (Å²) < 4.78 is 5.37. The summed E-state index contributed by atoms with van der Waals surface area (Å²) in [4.78, 5) is 11.9. The van der Waals surface area contributed by atoms with Gasteiger partial charge in [-0.2, -0.15) is 0 Å². The third-order valence-corrected chi connectivity index (χ3v) is 2.16. The number of aryl methyl sites for hydroxylation is 1. The Hall–Kier alpha value is -1.31. The van der Waals surface area contributed by atoms with Crippen LogP contribution in [0, 0.1) is 0 Å². The Kier molecular flexibility index (Phi) is 4.11. The van der Waals surface area contributed by atoms with Crippen molar-refractivity contribution in [3.8, 4) is 0 Å². The second-order valence-corrected chi connectivity index (χ2v) is 4.91. The number of esters is 1. The van der Waals surface area contributed by atoms with E-state index in [9.17, 15) is 4.79 Å². The summed E-state index contributed by atoms with van der Waals surface area (Å²) >= 11 is 0. The molecule has 0 heterocycles. The Labute approximate surface area is 97.6 Å². The van der Waals surface area contributed by atoms with Gasteiger partial charge in [0.1, 0.15) is 5.60 Å². The predicted octanol–water partition coefficient (Wildman–Crippen LogP) is 3.59. The summed E-state index contributed by atoms with van der Waals surface area (Å²) in [6, 6.07) is 7.65. The van der Waals surface area contributed by atoms with E-state index in [1.165, 1.54) is 0 Å². The van der Waals surface area contributed by atoms with Crippen LogP contribution in [-0.2, 0) is 11.2 Å². The van der Waals surface area contributed by atoms with Crippen molar-refractivity contribution in [3.05, 3.63) is 35.4 Å². The number of hydrogen-bond acceptors (Lipinski definition) is 2. The van der Waals surface area contributed by atoms with Crippen LogP contribution in [0.25, 0.3) is 0 Å². The van der Waals surface area contributed by atoms with Gasteiger partial charge in [-0.05, 0) is 38.8 Å². The molecule has 0 spiro atoms. The Morgan fingerprint density at radius 2 is 1.88 bits per heavy atom. The van der Waals surface area contributed by atoms with Gasteiger partial charge in [0.05, 0.1) is 5.56 Å². The molecular weight excluding hydrogens is 200 g/mol. The van der Waals surface area contributed by atoms with Crippen molar-refractivity contribution in [1.29, 1.82) is 0 Å². The smallest absolute Gasteiger partial charge is 0.338 e. The van der Waals surface area contributed by atoms with Crippen molar-refractivity contribution in [2.75, 3.05) is 0 Å². The minimum absolute atomic E-state index is 0.225. The van der Waals surface area contributed by atoms with Crippen molar-refractivity contribution in [3.63, 3.8) is 0 Å². The van der Waals surface area contributed by atoms with E-state index < -0.39 is 5.60 Å². The molecule has 0 N–H and O–H groups in total. The van der Waals surface area contributed by atoms with Crippen LogP contribution < -0.4 is 0 Å². The third kappa shape index (κ3) is 3.69. The summed E-state index contributed by atoms with van der Waals surface area (Å²) in [6.07, 6.45) is 1.94. The molecule has 0 aliphatic rings. The minimum atomic E-state index is -0.434. The zero-order valence-electron chi connectivity index (χ0n) is 10.5. The average molecular weight is 220 g/mol. The van der Waals surface area contributed by atoms with Crippen LogP contribution in [0.4, 0.5) is 0 Å². The molecule has 1 aromatic carbocycles. The van der Waals surface area contributed by atoms with E-state index in [1.807, 2.05) is 45.0 Å². The van der Waals surface area contributed by atoms with Crippen LogP contribution in [-0.4, -0.2) is 11.6 Å². The first-order chi connectivity index (χ1) is 7.44. The number of carbonyl (C=O) groups excluding carboxylic acids is 1. The quantitative estimate of drug-likeness (QED) is 0.727. The first-order valence-electron chi connectivity index (χ1n) is 5.75. The second kappa shape index (κ2) is 5.15. The molecule has 16 heavy (non-hydrogen) atoms. The predicted molar refractivity (Wildman–Crippen MR) is 65.6 cm³/mol. The largest absolute Gasteiger partial charge is 0.456 e. The highest BCUT2D eigenvalue weighted by molar-refractivity contribution is 5.91. The SMILES string of the molecule is CCCc1ccccc1C(=O)OC(C)(C)C. The van der Waals surface area contributed by atoms with Crippen LogP contribution in [0.3, 0.4) is 0 Å². The van der Waals surface area contributed by atoms with Crippen LogP contribution in [0.5, 0.6) is 0 Å². The maximum absolute atomic E-state index is 11.9. The molecular formula is C14H20O2. The standard InChI is InChI=1S/C14H20O2/c1-5-8-11-9-6-7-10-12(11)13(15)16-14(2,3)4/h6-7,9-10H,5,8H2,1-4H3. The Morgan fingerprint density at radius 3 is 2.44 bits per heavy atom. The number of carbonyl (C=O) groups is 1. The Balaban J connectivity index is 2.90. The molecule has 0 atom stereocenters. The van der Waals surface area contributed by atoms with E-state index in [0.29, 0.717) is 5.56 Å². The molecule has 0 saturated carbocycles. The molecule has 0 radical (unpaired) electrons. The first kappa shape index (κ1) is 12.8. The number of ether oxygens (including phenoxy) is 1. The van der Waals surface area contributed by atoms with Gasteiger partial charge < -0.3 is 4.74 Å². The zero-order valence-corrected chi connectivity index (χ0v) is 10.5. The van der Waals surface area contributed by atoms with Gasteiger partial charge in [-0.25, -0.2) is 4.79 Å². The minimum Gasteiger partial charge on any atom is -0.456 e. The lowest BCUT2D eigenvalue weighted by Gasteiger charge is -2.20. The highest BCUT2D eigenvalue weighted by Gasteiger charge is 2.19. The molecule has 1 aromatic rings. The number of hydrogen-bond donors (Lipinski definition) is 0. The fraction of sp³-hybridized carbons (Fsp3) is 0.500. The Morgan fingerprint density at radius 1 is 1.25 bits per heavy atom. The molecule has 0 aliphatic carbocycles. The third-order valence-electron chi connectivity index (χ3n) is 2.16. The zero-order chi connectivity index (χ0) is 12.2. The van der Waals surface area contributed by atoms with E-state index >= 15 is 0 Å². The number of rotatable bonds is 3. The van der Waals surface area contributed by atoms with E-state index in [2.05, 4.69) is 6.92 Å². The summed E-state index contributed by atoms with van der Waals surface area (Å²) in [6.45, 7) is 7.75. The molecule has 0 aromatic heterocycles. The molecule has 0 fully saturated rings. The maximum Gasteiger partial charge on any atom is 0.338 e. The maximum atomic E-state index is 11.9. The summed E-state index contributed by atoms with van der Waals surface area (Å²) in [5.74, 6) is -0.225. The Bertz CT molecular complexity index is 361. The van der Waals surface area contributed by atoms with E-state index in [-0.39, 0.29) is 5.97 Å². The molecule has 2 heteroatoms. The van der Waals surface area contributed by atoms with E-state index in [4.69, 9.17) is 4.74 Å². The molecule has 0 unspecified atom stereocenters. The molecule has 1 rings (SSSR count). The summed E-state index contributed by atoms with van der Waals surface area (Å²) in [5, 5.41) is 0. The molecule has 0 aliphatic heterocycles. The van der Waals surface area contributed by atoms with Gasteiger partial charge in [-0.3, -0.25) is 0 Å². The van der Waals surface area contributed by atoms with E-state index in [1.54, 1.807) is 0 Å². The van der Waals surface area contributed by atoms with Crippen LogP contribution in [0.2, 0.25) is 0 Å². The fourth-order valence-corrected chi connectivity index (χ4v) is 1.54. The van der Waals surface area contributed by atoms with Gasteiger partial charge in [0.2, 0.25) is 0 Å². The van der Waals surface area contributed by atoms with Gasteiger partial charge in [-0.15, -0.1) is 0 Å². The van der Waals surface area contributed by atoms with Crippen LogP contribution >= 0.6 is 0 Å². The van der Waals surface area contributed by atoms with Crippen molar-refractivity contribution < 1.29 is 9.53 Å². The molecule has 0 bridgehead atoms. The van der Waals surface area contributed by atoms with Crippen molar-refractivity contribution in [1.82, 2.24) is 0 Å². The van der Waals surface area contributed by atoms with E-state index in [0.717, 1.165) is 18.4 Å². The fourth-order valence-electron chi connectivity index (χ4n) is 1.54. The monoisotopic (exact) mass is 220 g/mol. The average Bonchev–Trinajstić information content (AvgIpc) is 2.16. The first-order valence-corrected chi connectivity index (χ1v) is 5.75. The number of benzene rings is 1. The van der Waals surface area contributed by atoms with Gasteiger partial charge in [0.15, 0.2) is 0 Å². The van der Waals surface area contributed by atoms with Crippen LogP contribution in [0.1, 0.15) is 50.0 Å². The normalized spacial score (nSPS) is 11.2. The molecule has 2 nitrogen and oxygen atoms in total. The summed E-state index contributed by atoms with van der Waals surface area (Å²) in [5.41, 5.74) is 1.33.